The molecule has 1 aromatic heterocycles. The van der Waals surface area contributed by atoms with E-state index >= 15 is 0 Å². The third-order valence-corrected chi connectivity index (χ3v) is 2.93. The molecule has 1 aliphatic carbocycles. The highest BCUT2D eigenvalue weighted by Crippen LogP contribution is 2.20. The number of nitrogens with zero attached hydrogens (tertiary/aromatic N) is 1. The molecule has 0 atom stereocenters. The summed E-state index contributed by atoms with van der Waals surface area (Å²) in [6.45, 7) is 0.674. The highest BCUT2D eigenvalue weighted by Gasteiger charge is 2.18. The number of ether oxygens (including phenoxy) is 1. The minimum atomic E-state index is 0. The number of hydrogen-bond donors (Lipinski definition) is 1. The monoisotopic (exact) mass is 278 g/mol. The number of hydrogen-bond acceptors (Lipinski definition) is 3. The first-order chi connectivity index (χ1) is 7.34. The Labute approximate surface area is 115 Å². The van der Waals surface area contributed by atoms with Gasteiger partial charge in [-0.1, -0.05) is 6.07 Å². The Morgan fingerprint density at radius 2 is 1.94 bits per heavy atom. The molecule has 0 spiro atoms. The number of pyridine rings is 1. The van der Waals surface area contributed by atoms with E-state index in [9.17, 15) is 0 Å². The Hall–Kier alpha value is -0.350. The molecule has 0 saturated heterocycles. The van der Waals surface area contributed by atoms with Gasteiger partial charge in [0.05, 0.1) is 12.7 Å². The van der Waals surface area contributed by atoms with Crippen LogP contribution in [0.5, 0.6) is 0 Å². The summed E-state index contributed by atoms with van der Waals surface area (Å²) < 4.78 is 5.82. The maximum absolute atomic E-state index is 5.84. The topological polar surface area (TPSA) is 48.1 Å². The van der Waals surface area contributed by atoms with Gasteiger partial charge in [0.15, 0.2) is 0 Å². The first-order valence-electron chi connectivity index (χ1n) is 5.60. The van der Waals surface area contributed by atoms with Gasteiger partial charge in [0.2, 0.25) is 0 Å². The molecule has 1 aromatic rings. The van der Waals surface area contributed by atoms with Crippen molar-refractivity contribution < 1.29 is 4.74 Å². The van der Waals surface area contributed by atoms with Crippen molar-refractivity contribution in [2.45, 2.75) is 44.4 Å². The Balaban J connectivity index is 0.00000128. The fourth-order valence-corrected chi connectivity index (χ4v) is 1.95. The Morgan fingerprint density at radius 1 is 1.24 bits per heavy atom. The van der Waals surface area contributed by atoms with Gasteiger partial charge in [0, 0.05) is 18.4 Å². The second kappa shape index (κ2) is 8.70. The number of rotatable bonds is 3. The largest absolute Gasteiger partial charge is 0.373 e. The maximum Gasteiger partial charge on any atom is 0.0735 e. The summed E-state index contributed by atoms with van der Waals surface area (Å²) in [5.74, 6) is 0. The van der Waals surface area contributed by atoms with E-state index in [0.29, 0.717) is 18.8 Å². The van der Waals surface area contributed by atoms with Crippen LogP contribution in [0, 0.1) is 0 Å². The standard InChI is InChI=1S/C12H18N2O.2ClH/c13-11-3-5-12(6-4-11)15-9-10-2-1-7-14-8-10;;/h1-2,7-8,11-12H,3-6,9,13H2;2*1H. The van der Waals surface area contributed by atoms with Gasteiger partial charge in [-0.3, -0.25) is 4.98 Å². The van der Waals surface area contributed by atoms with Crippen molar-refractivity contribution in [1.82, 2.24) is 4.98 Å². The van der Waals surface area contributed by atoms with Gasteiger partial charge in [0.1, 0.15) is 0 Å². The first-order valence-corrected chi connectivity index (χ1v) is 5.60. The van der Waals surface area contributed by atoms with Crippen LogP contribution in [-0.4, -0.2) is 17.1 Å². The zero-order valence-electron chi connectivity index (χ0n) is 9.75. The van der Waals surface area contributed by atoms with Crippen molar-refractivity contribution in [1.29, 1.82) is 0 Å². The zero-order chi connectivity index (χ0) is 10.5. The van der Waals surface area contributed by atoms with Crippen LogP contribution in [0.2, 0.25) is 0 Å². The molecule has 1 heterocycles. The molecule has 17 heavy (non-hydrogen) atoms. The fraction of sp³-hybridized carbons (Fsp3) is 0.583. The fourth-order valence-electron chi connectivity index (χ4n) is 1.95. The van der Waals surface area contributed by atoms with Crippen molar-refractivity contribution in [3.63, 3.8) is 0 Å². The lowest BCUT2D eigenvalue weighted by atomic mass is 9.94. The molecule has 2 N–H and O–H groups in total. The molecule has 0 bridgehead atoms. The van der Waals surface area contributed by atoms with Crippen LogP contribution in [0.3, 0.4) is 0 Å². The van der Waals surface area contributed by atoms with Crippen LogP contribution < -0.4 is 5.73 Å². The summed E-state index contributed by atoms with van der Waals surface area (Å²) >= 11 is 0. The van der Waals surface area contributed by atoms with Gasteiger partial charge in [-0.25, -0.2) is 0 Å². The van der Waals surface area contributed by atoms with Gasteiger partial charge in [-0.15, -0.1) is 24.8 Å². The van der Waals surface area contributed by atoms with E-state index in [-0.39, 0.29) is 24.8 Å². The lowest BCUT2D eigenvalue weighted by Gasteiger charge is -2.26. The van der Waals surface area contributed by atoms with E-state index in [1.807, 2.05) is 18.3 Å². The van der Waals surface area contributed by atoms with Crippen molar-refractivity contribution in [2.24, 2.45) is 5.73 Å². The van der Waals surface area contributed by atoms with Crippen LogP contribution in [0.1, 0.15) is 31.2 Å². The molecule has 5 heteroatoms. The highest BCUT2D eigenvalue weighted by molar-refractivity contribution is 5.85. The zero-order valence-corrected chi connectivity index (χ0v) is 11.4. The molecule has 0 unspecified atom stereocenters. The van der Waals surface area contributed by atoms with Crippen molar-refractivity contribution in [3.8, 4) is 0 Å². The van der Waals surface area contributed by atoms with E-state index in [1.165, 1.54) is 0 Å². The third kappa shape index (κ3) is 5.68. The summed E-state index contributed by atoms with van der Waals surface area (Å²) in [6, 6.07) is 4.38. The predicted molar refractivity (Wildman–Crippen MR) is 73.8 cm³/mol. The first kappa shape index (κ1) is 16.6. The second-order valence-electron chi connectivity index (χ2n) is 4.21. The Kier molecular flexibility index (Phi) is 8.52. The molecule has 1 saturated carbocycles. The van der Waals surface area contributed by atoms with Crippen LogP contribution in [0.4, 0.5) is 0 Å². The number of nitrogens with two attached hydrogens (primary N) is 1. The molecule has 0 amide bonds. The lowest BCUT2D eigenvalue weighted by molar-refractivity contribution is 0.0137. The maximum atomic E-state index is 5.84. The summed E-state index contributed by atoms with van der Waals surface area (Å²) in [4.78, 5) is 4.06. The van der Waals surface area contributed by atoms with E-state index in [1.54, 1.807) is 6.20 Å². The molecule has 0 aromatic carbocycles. The molecule has 98 valence electrons. The van der Waals surface area contributed by atoms with E-state index < -0.39 is 0 Å². The molecule has 1 aliphatic rings. The summed E-state index contributed by atoms with van der Waals surface area (Å²) in [7, 11) is 0. The van der Waals surface area contributed by atoms with E-state index in [4.69, 9.17) is 10.5 Å². The van der Waals surface area contributed by atoms with Crippen molar-refractivity contribution >= 4 is 24.8 Å². The van der Waals surface area contributed by atoms with Gasteiger partial charge in [-0.2, -0.15) is 0 Å². The van der Waals surface area contributed by atoms with Crippen LogP contribution >= 0.6 is 24.8 Å². The number of halogens is 2. The molecule has 1 fully saturated rings. The Morgan fingerprint density at radius 3 is 2.53 bits per heavy atom. The average molecular weight is 279 g/mol. The van der Waals surface area contributed by atoms with E-state index in [2.05, 4.69) is 4.98 Å². The highest BCUT2D eigenvalue weighted by atomic mass is 35.5. The minimum absolute atomic E-state index is 0. The Bertz CT molecular complexity index is 290. The minimum Gasteiger partial charge on any atom is -0.373 e. The van der Waals surface area contributed by atoms with Crippen LogP contribution in [0.15, 0.2) is 24.5 Å². The summed E-state index contributed by atoms with van der Waals surface area (Å²) in [5.41, 5.74) is 6.98. The van der Waals surface area contributed by atoms with Gasteiger partial charge >= 0.3 is 0 Å². The third-order valence-electron chi connectivity index (χ3n) is 2.93. The normalized spacial score (nSPS) is 23.4. The lowest BCUT2D eigenvalue weighted by Crippen LogP contribution is -2.30. The van der Waals surface area contributed by atoms with E-state index in [0.717, 1.165) is 31.2 Å². The van der Waals surface area contributed by atoms with Crippen molar-refractivity contribution in [2.75, 3.05) is 0 Å². The molecule has 3 nitrogen and oxygen atoms in total. The van der Waals surface area contributed by atoms with Crippen LogP contribution in [-0.2, 0) is 11.3 Å². The molecular weight excluding hydrogens is 259 g/mol. The second-order valence-corrected chi connectivity index (χ2v) is 4.21. The molecule has 0 aliphatic heterocycles. The SMILES string of the molecule is Cl.Cl.NC1CCC(OCc2cccnc2)CC1. The van der Waals surface area contributed by atoms with Gasteiger partial charge in [0.25, 0.3) is 0 Å². The average Bonchev–Trinajstić information content (AvgIpc) is 2.30. The van der Waals surface area contributed by atoms with Gasteiger partial charge < -0.3 is 10.5 Å². The predicted octanol–water partition coefficient (Wildman–Crippen LogP) is 2.71. The molecule has 0 radical (unpaired) electrons. The van der Waals surface area contributed by atoms with Crippen LogP contribution in [0.25, 0.3) is 0 Å². The summed E-state index contributed by atoms with van der Waals surface area (Å²) in [5, 5.41) is 0. The van der Waals surface area contributed by atoms with Crippen molar-refractivity contribution in [3.05, 3.63) is 30.1 Å². The molecule has 2 rings (SSSR count). The summed E-state index contributed by atoms with van der Waals surface area (Å²) in [6.07, 6.45) is 8.42. The van der Waals surface area contributed by atoms with Gasteiger partial charge in [-0.05, 0) is 37.3 Å². The smallest absolute Gasteiger partial charge is 0.0735 e. The molecular formula is C12H20Cl2N2O. The number of aromatic nitrogens is 1. The quantitative estimate of drug-likeness (QED) is 0.925.